The molecule has 0 atom stereocenters. The molecular weight excluding hydrogens is 255 g/mol. The van der Waals surface area contributed by atoms with Crippen molar-refractivity contribution in [3.05, 3.63) is 58.4 Å². The molecule has 0 spiro atoms. The van der Waals surface area contributed by atoms with Crippen LogP contribution in [0.4, 0.5) is 4.39 Å². The third kappa shape index (κ3) is 2.20. The Hall–Kier alpha value is -0.990. The van der Waals surface area contributed by atoms with E-state index in [0.717, 1.165) is 22.8 Å². The van der Waals surface area contributed by atoms with Crippen LogP contribution in [-0.2, 0) is 12.8 Å². The van der Waals surface area contributed by atoms with Crippen LogP contribution < -0.4 is 0 Å². The van der Waals surface area contributed by atoms with Gasteiger partial charge >= 0.3 is 0 Å². The van der Waals surface area contributed by atoms with E-state index in [4.69, 9.17) is 11.6 Å². The minimum Gasteiger partial charge on any atom is -0.207 e. The van der Waals surface area contributed by atoms with Crippen molar-refractivity contribution in [2.24, 2.45) is 0 Å². The fourth-order valence-corrected chi connectivity index (χ4v) is 3.39. The van der Waals surface area contributed by atoms with Crippen molar-refractivity contribution < 1.29 is 4.39 Å². The summed E-state index contributed by atoms with van der Waals surface area (Å²) in [5.74, 6) is -0.173. The molecule has 2 aromatic carbocycles. The van der Waals surface area contributed by atoms with Gasteiger partial charge in [-0.05, 0) is 54.3 Å². The van der Waals surface area contributed by atoms with E-state index in [2.05, 4.69) is 0 Å². The Morgan fingerprint density at radius 1 is 0.941 bits per heavy atom. The zero-order valence-electron chi connectivity index (χ0n) is 9.04. The Kier molecular flexibility index (Phi) is 2.85. The van der Waals surface area contributed by atoms with E-state index in [-0.39, 0.29) is 5.82 Å². The maximum Gasteiger partial charge on any atom is 0.124 e. The Labute approximate surface area is 109 Å². The molecule has 1 heterocycles. The molecule has 86 valence electrons. The van der Waals surface area contributed by atoms with Crippen molar-refractivity contribution in [3.63, 3.8) is 0 Å². The minimum atomic E-state index is -0.173. The van der Waals surface area contributed by atoms with Gasteiger partial charge in [0, 0.05) is 14.8 Å². The van der Waals surface area contributed by atoms with E-state index in [1.54, 1.807) is 17.8 Å². The van der Waals surface area contributed by atoms with Gasteiger partial charge in [0.05, 0.1) is 0 Å². The summed E-state index contributed by atoms with van der Waals surface area (Å²) in [5, 5.41) is 0.765. The zero-order valence-corrected chi connectivity index (χ0v) is 10.6. The Morgan fingerprint density at radius 3 is 2.65 bits per heavy atom. The molecule has 0 N–H and O–H groups in total. The molecule has 3 rings (SSSR count). The summed E-state index contributed by atoms with van der Waals surface area (Å²) in [6, 6.07) is 10.9. The van der Waals surface area contributed by atoms with Crippen LogP contribution in [0.15, 0.2) is 46.2 Å². The molecule has 1 aliphatic heterocycles. The van der Waals surface area contributed by atoms with Crippen LogP contribution in [0.25, 0.3) is 0 Å². The van der Waals surface area contributed by atoms with Crippen LogP contribution >= 0.6 is 23.4 Å². The summed E-state index contributed by atoms with van der Waals surface area (Å²) in [6.07, 6.45) is 1.90. The zero-order chi connectivity index (χ0) is 11.8. The summed E-state index contributed by atoms with van der Waals surface area (Å²) in [4.78, 5) is 2.20. The lowest BCUT2D eigenvalue weighted by Gasteiger charge is -2.05. The van der Waals surface area contributed by atoms with Crippen LogP contribution in [0.2, 0.25) is 5.02 Å². The smallest absolute Gasteiger partial charge is 0.124 e. The van der Waals surface area contributed by atoms with Gasteiger partial charge in [-0.25, -0.2) is 4.39 Å². The van der Waals surface area contributed by atoms with Crippen molar-refractivity contribution in [2.75, 3.05) is 0 Å². The molecule has 0 aliphatic carbocycles. The molecule has 17 heavy (non-hydrogen) atoms. The molecule has 0 amide bonds. The van der Waals surface area contributed by atoms with Gasteiger partial charge in [0.25, 0.3) is 0 Å². The van der Waals surface area contributed by atoms with Crippen molar-refractivity contribution in [2.45, 2.75) is 22.6 Å². The molecule has 2 aromatic rings. The van der Waals surface area contributed by atoms with Gasteiger partial charge < -0.3 is 0 Å². The van der Waals surface area contributed by atoms with E-state index in [9.17, 15) is 4.39 Å². The van der Waals surface area contributed by atoms with Crippen molar-refractivity contribution in [1.82, 2.24) is 0 Å². The molecule has 0 fully saturated rings. The Balaban J connectivity index is 2.08. The average molecular weight is 265 g/mol. The van der Waals surface area contributed by atoms with E-state index < -0.39 is 0 Å². The lowest BCUT2D eigenvalue weighted by Crippen LogP contribution is -1.91. The number of halogens is 2. The van der Waals surface area contributed by atoms with Crippen LogP contribution in [0, 0.1) is 5.82 Å². The SMILES string of the molecule is Fc1ccc2c(c1)Sc1ccc(Cl)cc1CC2. The van der Waals surface area contributed by atoms with Crippen LogP contribution in [0.5, 0.6) is 0 Å². The monoisotopic (exact) mass is 264 g/mol. The van der Waals surface area contributed by atoms with Gasteiger partial charge in [-0.15, -0.1) is 0 Å². The number of hydrogen-bond acceptors (Lipinski definition) is 1. The Bertz CT molecular complexity index is 580. The summed E-state index contributed by atoms with van der Waals surface area (Å²) < 4.78 is 13.2. The summed E-state index contributed by atoms with van der Waals surface area (Å²) in [5.41, 5.74) is 2.46. The van der Waals surface area contributed by atoms with Gasteiger partial charge in [0.15, 0.2) is 0 Å². The predicted octanol–water partition coefficient (Wildman–Crippen LogP) is 4.73. The number of hydrogen-bond donors (Lipinski definition) is 0. The minimum absolute atomic E-state index is 0.173. The third-order valence-electron chi connectivity index (χ3n) is 2.94. The van der Waals surface area contributed by atoms with Crippen molar-refractivity contribution in [1.29, 1.82) is 0 Å². The first-order valence-corrected chi connectivity index (χ1v) is 6.66. The van der Waals surface area contributed by atoms with Gasteiger partial charge in [0.2, 0.25) is 0 Å². The molecule has 0 unspecified atom stereocenters. The van der Waals surface area contributed by atoms with Crippen LogP contribution in [-0.4, -0.2) is 0 Å². The van der Waals surface area contributed by atoms with Crippen LogP contribution in [0.3, 0.4) is 0 Å². The second-order valence-electron chi connectivity index (χ2n) is 4.11. The first-order chi connectivity index (χ1) is 8.22. The number of aryl methyl sites for hydroxylation is 2. The molecule has 0 nitrogen and oxygen atoms in total. The highest BCUT2D eigenvalue weighted by atomic mass is 35.5. The van der Waals surface area contributed by atoms with Crippen LogP contribution in [0.1, 0.15) is 11.1 Å². The first kappa shape index (κ1) is 11.1. The van der Waals surface area contributed by atoms with Gasteiger partial charge in [-0.3, -0.25) is 0 Å². The third-order valence-corrected chi connectivity index (χ3v) is 4.39. The fourth-order valence-electron chi connectivity index (χ4n) is 2.06. The van der Waals surface area contributed by atoms with Gasteiger partial charge in [-0.2, -0.15) is 0 Å². The van der Waals surface area contributed by atoms with E-state index in [0.29, 0.717) is 0 Å². The lowest BCUT2D eigenvalue weighted by molar-refractivity contribution is 0.622. The maximum absolute atomic E-state index is 13.2. The molecular formula is C14H10ClFS. The maximum atomic E-state index is 13.2. The highest BCUT2D eigenvalue weighted by molar-refractivity contribution is 7.99. The van der Waals surface area contributed by atoms with E-state index in [1.807, 2.05) is 24.3 Å². The topological polar surface area (TPSA) is 0 Å². The summed E-state index contributed by atoms with van der Waals surface area (Å²) >= 11 is 7.62. The standard InChI is InChI=1S/C14H10ClFS/c15-11-4-6-13-10(7-11)2-1-9-3-5-12(16)8-14(9)17-13/h3-8H,1-2H2. The highest BCUT2D eigenvalue weighted by Crippen LogP contribution is 2.38. The van der Waals surface area contributed by atoms with Gasteiger partial charge in [-0.1, -0.05) is 29.4 Å². The molecule has 0 bridgehead atoms. The normalized spacial score (nSPS) is 13.8. The van der Waals surface area contributed by atoms with Crippen molar-refractivity contribution in [3.8, 4) is 0 Å². The quantitative estimate of drug-likeness (QED) is 0.663. The molecule has 1 aliphatic rings. The Morgan fingerprint density at radius 2 is 1.76 bits per heavy atom. The molecule has 0 aromatic heterocycles. The molecule has 0 radical (unpaired) electrons. The van der Waals surface area contributed by atoms with Gasteiger partial charge in [0.1, 0.15) is 5.82 Å². The van der Waals surface area contributed by atoms with E-state index in [1.165, 1.54) is 22.1 Å². The predicted molar refractivity (Wildman–Crippen MR) is 69.4 cm³/mol. The average Bonchev–Trinajstić information content (AvgIpc) is 2.47. The largest absolute Gasteiger partial charge is 0.207 e. The number of benzene rings is 2. The molecule has 0 saturated heterocycles. The first-order valence-electron chi connectivity index (χ1n) is 5.47. The fraction of sp³-hybridized carbons (Fsp3) is 0.143. The molecule has 3 heteroatoms. The van der Waals surface area contributed by atoms with E-state index >= 15 is 0 Å². The highest BCUT2D eigenvalue weighted by Gasteiger charge is 2.14. The second kappa shape index (κ2) is 4.35. The molecule has 0 saturated carbocycles. The number of rotatable bonds is 0. The summed E-state index contributed by atoms with van der Waals surface area (Å²) in [6.45, 7) is 0. The summed E-state index contributed by atoms with van der Waals surface area (Å²) in [7, 11) is 0. The lowest BCUT2D eigenvalue weighted by atomic mass is 10.0. The number of fused-ring (bicyclic) bond motifs is 2. The second-order valence-corrected chi connectivity index (χ2v) is 5.63. The van der Waals surface area contributed by atoms with Crippen molar-refractivity contribution >= 4 is 23.4 Å².